The average molecular weight is 332 g/mol. The van der Waals surface area contributed by atoms with Crippen molar-refractivity contribution in [2.75, 3.05) is 13.2 Å². The molecule has 0 fully saturated rings. The van der Waals surface area contributed by atoms with Crippen LogP contribution in [0.25, 0.3) is 0 Å². The molecule has 23 heavy (non-hydrogen) atoms. The Balaban J connectivity index is 4.02. The fraction of sp³-hybridized carbons (Fsp3) is 0.714. The van der Waals surface area contributed by atoms with Crippen molar-refractivity contribution >= 4 is 23.8 Å². The van der Waals surface area contributed by atoms with Crippen molar-refractivity contribution in [3.05, 3.63) is 0 Å². The van der Waals surface area contributed by atoms with Crippen LogP contribution in [0, 0.1) is 5.92 Å². The van der Waals surface area contributed by atoms with Crippen molar-refractivity contribution in [2.45, 2.75) is 45.1 Å². The molecule has 0 heterocycles. The second kappa shape index (κ2) is 11.4. The van der Waals surface area contributed by atoms with Gasteiger partial charge in [-0.25, -0.2) is 0 Å². The topological polar surface area (TPSA) is 159 Å². The number of unbranched alkanes of at least 4 members (excludes halogenated alkanes) is 1. The molecule has 9 nitrogen and oxygen atoms in total. The molecule has 0 bridgehead atoms. The van der Waals surface area contributed by atoms with E-state index in [2.05, 4.69) is 0 Å². The number of carboxylic acids is 1. The molecule has 0 radical (unpaired) electrons. The van der Waals surface area contributed by atoms with Crippen LogP contribution in [-0.4, -0.2) is 48.2 Å². The molecule has 9 heteroatoms. The summed E-state index contributed by atoms with van der Waals surface area (Å²) in [6.07, 6.45) is 1.24. The summed E-state index contributed by atoms with van der Waals surface area (Å²) in [5, 5.41) is 8.95. The third kappa shape index (κ3) is 9.46. The zero-order valence-electron chi connectivity index (χ0n) is 13.2. The minimum atomic E-state index is -1.36. The molecule has 0 aromatic heterocycles. The summed E-state index contributed by atoms with van der Waals surface area (Å²) in [5.41, 5.74) is 10.3. The van der Waals surface area contributed by atoms with Gasteiger partial charge in [0.05, 0.1) is 38.0 Å². The quantitative estimate of drug-likeness (QED) is 0.320. The summed E-state index contributed by atoms with van der Waals surface area (Å²) in [5.74, 6) is -4.63. The number of nitrogens with two attached hydrogens (primary N) is 2. The first kappa shape index (κ1) is 20.8. The Hall–Kier alpha value is -2.16. The lowest BCUT2D eigenvalue weighted by molar-refractivity contribution is -0.152. The second-order valence-electron chi connectivity index (χ2n) is 4.96. The fourth-order valence-corrected chi connectivity index (χ4v) is 1.63. The van der Waals surface area contributed by atoms with E-state index in [1.165, 1.54) is 0 Å². The lowest BCUT2D eigenvalue weighted by atomic mass is 9.97. The van der Waals surface area contributed by atoms with Gasteiger partial charge in [-0.1, -0.05) is 13.3 Å². The summed E-state index contributed by atoms with van der Waals surface area (Å²) < 4.78 is 9.68. The molecule has 2 unspecified atom stereocenters. The first-order valence-corrected chi connectivity index (χ1v) is 7.38. The Bertz CT molecular complexity index is 425. The summed E-state index contributed by atoms with van der Waals surface area (Å²) in [7, 11) is 0. The molecular formula is C14H24N2O7. The zero-order chi connectivity index (χ0) is 17.8. The number of carbonyl (C=O) groups excluding carboxylic acids is 3. The summed E-state index contributed by atoms with van der Waals surface area (Å²) in [6.45, 7) is 2.04. The molecule has 0 saturated heterocycles. The predicted octanol–water partition coefficient (Wildman–Crippen LogP) is -0.443. The average Bonchev–Trinajstić information content (AvgIpc) is 2.48. The molecule has 132 valence electrons. The zero-order valence-corrected chi connectivity index (χ0v) is 13.2. The summed E-state index contributed by atoms with van der Waals surface area (Å²) in [4.78, 5) is 44.6. The largest absolute Gasteiger partial charge is 0.481 e. The van der Waals surface area contributed by atoms with Gasteiger partial charge in [-0.2, -0.15) is 0 Å². The van der Waals surface area contributed by atoms with Gasteiger partial charge in [0.25, 0.3) is 0 Å². The van der Waals surface area contributed by atoms with Gasteiger partial charge in [-0.05, 0) is 12.8 Å². The Morgan fingerprint density at radius 1 is 1.04 bits per heavy atom. The highest BCUT2D eigenvalue weighted by Gasteiger charge is 2.29. The Morgan fingerprint density at radius 3 is 2.00 bits per heavy atom. The molecule has 0 aliphatic rings. The van der Waals surface area contributed by atoms with Gasteiger partial charge in [0, 0.05) is 0 Å². The van der Waals surface area contributed by atoms with E-state index in [1.807, 2.05) is 6.92 Å². The lowest BCUT2D eigenvalue weighted by Gasteiger charge is -2.16. The van der Waals surface area contributed by atoms with Crippen molar-refractivity contribution in [2.24, 2.45) is 17.4 Å². The molecule has 0 saturated carbocycles. The van der Waals surface area contributed by atoms with Crippen molar-refractivity contribution < 1.29 is 33.8 Å². The number of hydrogen-bond acceptors (Lipinski definition) is 7. The van der Waals surface area contributed by atoms with Crippen molar-refractivity contribution in [1.29, 1.82) is 0 Å². The lowest BCUT2D eigenvalue weighted by Crippen LogP contribution is -2.46. The van der Waals surface area contributed by atoms with E-state index in [9.17, 15) is 19.2 Å². The number of amides is 1. The van der Waals surface area contributed by atoms with E-state index in [0.717, 1.165) is 12.8 Å². The molecular weight excluding hydrogens is 308 g/mol. The van der Waals surface area contributed by atoms with Crippen LogP contribution < -0.4 is 11.5 Å². The van der Waals surface area contributed by atoms with E-state index in [1.54, 1.807) is 0 Å². The maximum absolute atomic E-state index is 11.4. The fourth-order valence-electron chi connectivity index (χ4n) is 1.63. The van der Waals surface area contributed by atoms with Crippen LogP contribution >= 0.6 is 0 Å². The van der Waals surface area contributed by atoms with Gasteiger partial charge >= 0.3 is 17.9 Å². The SMILES string of the molecule is CCCCOC(=O)CCC(=O)OCCC(C(=O)O)C(N)C(N)=O. The van der Waals surface area contributed by atoms with Crippen LogP contribution in [0.3, 0.4) is 0 Å². The number of aliphatic carboxylic acids is 1. The summed E-state index contributed by atoms with van der Waals surface area (Å²) in [6, 6.07) is -1.36. The third-order valence-corrected chi connectivity index (χ3v) is 3.07. The first-order chi connectivity index (χ1) is 10.8. The van der Waals surface area contributed by atoms with Gasteiger partial charge in [0.15, 0.2) is 0 Å². The molecule has 1 amide bonds. The van der Waals surface area contributed by atoms with E-state index in [0.29, 0.717) is 6.61 Å². The molecule has 2 atom stereocenters. The number of hydrogen-bond donors (Lipinski definition) is 3. The molecule has 0 spiro atoms. The van der Waals surface area contributed by atoms with E-state index in [-0.39, 0.29) is 25.9 Å². The van der Waals surface area contributed by atoms with E-state index < -0.39 is 35.8 Å². The van der Waals surface area contributed by atoms with Gasteiger partial charge in [0.2, 0.25) is 5.91 Å². The highest BCUT2D eigenvalue weighted by atomic mass is 16.5. The first-order valence-electron chi connectivity index (χ1n) is 7.38. The van der Waals surface area contributed by atoms with Crippen LogP contribution in [0.15, 0.2) is 0 Å². The maximum atomic E-state index is 11.4. The molecule has 0 aromatic rings. The third-order valence-electron chi connectivity index (χ3n) is 3.07. The number of primary amides is 1. The summed E-state index contributed by atoms with van der Waals surface area (Å²) >= 11 is 0. The van der Waals surface area contributed by atoms with Gasteiger partial charge in [-0.3, -0.25) is 19.2 Å². The van der Waals surface area contributed by atoms with Crippen LogP contribution in [0.4, 0.5) is 0 Å². The monoisotopic (exact) mass is 332 g/mol. The highest BCUT2D eigenvalue weighted by molar-refractivity contribution is 5.86. The van der Waals surface area contributed by atoms with Gasteiger partial charge in [-0.15, -0.1) is 0 Å². The number of rotatable bonds is 12. The highest BCUT2D eigenvalue weighted by Crippen LogP contribution is 2.09. The second-order valence-corrected chi connectivity index (χ2v) is 4.96. The molecule has 0 aliphatic heterocycles. The minimum Gasteiger partial charge on any atom is -0.481 e. The van der Waals surface area contributed by atoms with Gasteiger partial charge < -0.3 is 26.0 Å². The Labute approximate surface area is 134 Å². The Kier molecular flexibility index (Phi) is 10.3. The van der Waals surface area contributed by atoms with Crippen molar-refractivity contribution in [3.8, 4) is 0 Å². The van der Waals surface area contributed by atoms with E-state index >= 15 is 0 Å². The molecule has 5 N–H and O–H groups in total. The van der Waals surface area contributed by atoms with Crippen molar-refractivity contribution in [3.63, 3.8) is 0 Å². The normalized spacial score (nSPS) is 13.0. The van der Waals surface area contributed by atoms with E-state index in [4.69, 9.17) is 26.0 Å². The smallest absolute Gasteiger partial charge is 0.308 e. The minimum absolute atomic E-state index is 0.105. The number of carbonyl (C=O) groups is 4. The standard InChI is InChI=1S/C14H24N2O7/c1-2-3-7-22-10(17)4-5-11(18)23-8-6-9(14(20)21)12(15)13(16)19/h9,12H,2-8,15H2,1H3,(H2,16,19)(H,20,21). The molecule has 0 rings (SSSR count). The van der Waals surface area contributed by atoms with Gasteiger partial charge in [0.1, 0.15) is 0 Å². The number of carboxylic acid groups (broad SMARTS) is 1. The number of ether oxygens (including phenoxy) is 2. The van der Waals surface area contributed by atoms with Crippen molar-refractivity contribution in [1.82, 2.24) is 0 Å². The molecule has 0 aromatic carbocycles. The van der Waals surface area contributed by atoms with Crippen LogP contribution in [0.1, 0.15) is 39.0 Å². The predicted molar refractivity (Wildman–Crippen MR) is 79.0 cm³/mol. The molecule has 0 aliphatic carbocycles. The van der Waals surface area contributed by atoms with Crippen LogP contribution in [0.5, 0.6) is 0 Å². The number of esters is 2. The van der Waals surface area contributed by atoms with Crippen LogP contribution in [-0.2, 0) is 28.7 Å². The maximum Gasteiger partial charge on any atom is 0.308 e. The Morgan fingerprint density at radius 2 is 1.57 bits per heavy atom. The van der Waals surface area contributed by atoms with Crippen LogP contribution in [0.2, 0.25) is 0 Å².